The van der Waals surface area contributed by atoms with Crippen LogP contribution in [0.5, 0.6) is 0 Å². The Balaban J connectivity index is 1.75. The Hall–Kier alpha value is -1.55. The van der Waals surface area contributed by atoms with Crippen LogP contribution in [-0.2, 0) is 4.74 Å². The second-order valence-corrected chi connectivity index (χ2v) is 4.90. The minimum absolute atomic E-state index is 0.292. The van der Waals surface area contributed by atoms with Gasteiger partial charge in [-0.2, -0.15) is 0 Å². The topological polar surface area (TPSA) is 41.6 Å². The summed E-state index contributed by atoms with van der Waals surface area (Å²) < 4.78 is 4.67. The average Bonchev–Trinajstić information content (AvgIpc) is 2.48. The fourth-order valence-corrected chi connectivity index (χ4v) is 2.38. The van der Waals surface area contributed by atoms with Crippen molar-refractivity contribution in [2.24, 2.45) is 0 Å². The zero-order valence-electron chi connectivity index (χ0n) is 11.5. The molecule has 1 fully saturated rings. The molecule has 0 atom stereocenters. The number of hydrogen-bond donors (Lipinski definition) is 1. The maximum atomic E-state index is 11.3. The highest BCUT2D eigenvalue weighted by Crippen LogP contribution is 2.11. The Morgan fingerprint density at radius 2 is 1.89 bits per heavy atom. The van der Waals surface area contributed by atoms with Crippen molar-refractivity contribution < 1.29 is 9.53 Å². The molecule has 19 heavy (non-hydrogen) atoms. The van der Waals surface area contributed by atoms with Crippen LogP contribution in [0.2, 0.25) is 0 Å². The molecule has 2 rings (SSSR count). The van der Waals surface area contributed by atoms with Crippen molar-refractivity contribution in [3.8, 4) is 0 Å². The van der Waals surface area contributed by atoms with Gasteiger partial charge in [-0.15, -0.1) is 0 Å². The van der Waals surface area contributed by atoms with Gasteiger partial charge in [0.25, 0.3) is 0 Å². The van der Waals surface area contributed by atoms with E-state index in [9.17, 15) is 4.79 Å². The quantitative estimate of drug-likeness (QED) is 0.827. The molecule has 0 aliphatic carbocycles. The highest BCUT2D eigenvalue weighted by Gasteiger charge is 2.09. The molecular formula is C15H22N2O2. The normalized spacial score (nSPS) is 16.1. The van der Waals surface area contributed by atoms with Crippen LogP contribution in [0.1, 0.15) is 29.6 Å². The van der Waals surface area contributed by atoms with Crippen LogP contribution in [0.25, 0.3) is 0 Å². The first kappa shape index (κ1) is 13.9. The fourth-order valence-electron chi connectivity index (χ4n) is 2.38. The molecule has 1 aromatic rings. The van der Waals surface area contributed by atoms with Crippen LogP contribution in [0, 0.1) is 0 Å². The lowest BCUT2D eigenvalue weighted by atomic mass is 10.1. The molecule has 1 saturated heterocycles. The Kier molecular flexibility index (Phi) is 5.21. The van der Waals surface area contributed by atoms with E-state index < -0.39 is 0 Å². The molecule has 0 radical (unpaired) electrons. The Morgan fingerprint density at radius 1 is 1.21 bits per heavy atom. The number of nitrogens with one attached hydrogen (secondary N) is 1. The van der Waals surface area contributed by atoms with Crippen LogP contribution in [0.4, 0.5) is 5.69 Å². The highest BCUT2D eigenvalue weighted by atomic mass is 16.5. The van der Waals surface area contributed by atoms with E-state index in [1.165, 1.54) is 39.5 Å². The zero-order chi connectivity index (χ0) is 13.5. The molecule has 0 spiro atoms. The summed E-state index contributed by atoms with van der Waals surface area (Å²) in [5.41, 5.74) is 1.63. The highest BCUT2D eigenvalue weighted by molar-refractivity contribution is 5.89. The van der Waals surface area contributed by atoms with Crippen LogP contribution in [-0.4, -0.2) is 44.2 Å². The summed E-state index contributed by atoms with van der Waals surface area (Å²) in [4.78, 5) is 13.8. The van der Waals surface area contributed by atoms with Crippen molar-refractivity contribution in [3.05, 3.63) is 29.8 Å². The summed E-state index contributed by atoms with van der Waals surface area (Å²) in [6.07, 6.45) is 4.03. The molecule has 1 aliphatic heterocycles. The summed E-state index contributed by atoms with van der Waals surface area (Å²) >= 11 is 0. The van der Waals surface area contributed by atoms with E-state index in [0.29, 0.717) is 5.56 Å². The smallest absolute Gasteiger partial charge is 0.337 e. The first-order valence-corrected chi connectivity index (χ1v) is 6.94. The van der Waals surface area contributed by atoms with E-state index in [4.69, 9.17) is 0 Å². The molecule has 1 aromatic carbocycles. The number of carbonyl (C=O) groups is 1. The molecule has 0 unspecified atom stereocenters. The molecule has 1 N–H and O–H groups in total. The molecular weight excluding hydrogens is 240 g/mol. The van der Waals surface area contributed by atoms with Gasteiger partial charge < -0.3 is 15.0 Å². The second kappa shape index (κ2) is 7.14. The SMILES string of the molecule is COC(=O)c1ccc(NCCN2CCCCC2)cc1. The Morgan fingerprint density at radius 3 is 2.53 bits per heavy atom. The fraction of sp³-hybridized carbons (Fsp3) is 0.533. The monoisotopic (exact) mass is 262 g/mol. The second-order valence-electron chi connectivity index (χ2n) is 4.90. The summed E-state index contributed by atoms with van der Waals surface area (Å²) in [6, 6.07) is 7.41. The van der Waals surface area contributed by atoms with Crippen LogP contribution in [0.3, 0.4) is 0 Å². The number of benzene rings is 1. The molecule has 0 bridgehead atoms. The zero-order valence-corrected chi connectivity index (χ0v) is 11.5. The van der Waals surface area contributed by atoms with Gasteiger partial charge in [0, 0.05) is 18.8 Å². The molecule has 0 saturated carbocycles. The average molecular weight is 262 g/mol. The Bertz CT molecular complexity index is 397. The first-order valence-electron chi connectivity index (χ1n) is 6.94. The minimum atomic E-state index is -0.292. The summed E-state index contributed by atoms with van der Waals surface area (Å²) in [6.45, 7) is 4.47. The third kappa shape index (κ3) is 4.24. The van der Waals surface area contributed by atoms with Gasteiger partial charge in [-0.25, -0.2) is 4.79 Å². The number of nitrogens with zero attached hydrogens (tertiary/aromatic N) is 1. The summed E-state index contributed by atoms with van der Waals surface area (Å²) in [7, 11) is 1.40. The van der Waals surface area contributed by atoms with Gasteiger partial charge in [0.2, 0.25) is 0 Å². The van der Waals surface area contributed by atoms with E-state index in [1.54, 1.807) is 12.1 Å². The Labute approximate surface area is 114 Å². The minimum Gasteiger partial charge on any atom is -0.465 e. The molecule has 104 valence electrons. The van der Waals surface area contributed by atoms with Crippen LogP contribution >= 0.6 is 0 Å². The van der Waals surface area contributed by atoms with E-state index >= 15 is 0 Å². The third-order valence-corrected chi connectivity index (χ3v) is 3.51. The van der Waals surface area contributed by atoms with E-state index in [2.05, 4.69) is 15.0 Å². The lowest BCUT2D eigenvalue weighted by Gasteiger charge is -2.26. The molecule has 4 heteroatoms. The number of methoxy groups -OCH3 is 1. The van der Waals surface area contributed by atoms with Crippen molar-refractivity contribution in [1.82, 2.24) is 4.90 Å². The van der Waals surface area contributed by atoms with Gasteiger partial charge >= 0.3 is 5.97 Å². The van der Waals surface area contributed by atoms with Gasteiger partial charge in [0.15, 0.2) is 0 Å². The van der Waals surface area contributed by atoms with Gasteiger partial charge in [0.1, 0.15) is 0 Å². The van der Waals surface area contributed by atoms with Crippen LogP contribution in [0.15, 0.2) is 24.3 Å². The van der Waals surface area contributed by atoms with Crippen molar-refractivity contribution >= 4 is 11.7 Å². The van der Waals surface area contributed by atoms with Crippen LogP contribution < -0.4 is 5.32 Å². The molecule has 4 nitrogen and oxygen atoms in total. The van der Waals surface area contributed by atoms with E-state index in [0.717, 1.165) is 18.8 Å². The van der Waals surface area contributed by atoms with Gasteiger partial charge in [0.05, 0.1) is 12.7 Å². The number of hydrogen-bond acceptors (Lipinski definition) is 4. The summed E-state index contributed by atoms with van der Waals surface area (Å²) in [5.74, 6) is -0.292. The van der Waals surface area contributed by atoms with Crippen molar-refractivity contribution in [1.29, 1.82) is 0 Å². The number of rotatable bonds is 5. The first-order chi connectivity index (χ1) is 9.29. The molecule has 0 amide bonds. The van der Waals surface area contributed by atoms with Crippen molar-refractivity contribution in [3.63, 3.8) is 0 Å². The molecule has 1 aliphatic rings. The predicted molar refractivity (Wildman–Crippen MR) is 76.6 cm³/mol. The van der Waals surface area contributed by atoms with E-state index in [-0.39, 0.29) is 5.97 Å². The van der Waals surface area contributed by atoms with Crippen molar-refractivity contribution in [2.75, 3.05) is 38.6 Å². The molecule has 0 aromatic heterocycles. The number of ether oxygens (including phenoxy) is 1. The maximum Gasteiger partial charge on any atom is 0.337 e. The lowest BCUT2D eigenvalue weighted by molar-refractivity contribution is 0.0601. The number of anilines is 1. The lowest BCUT2D eigenvalue weighted by Crippen LogP contribution is -2.33. The third-order valence-electron chi connectivity index (χ3n) is 3.51. The van der Waals surface area contributed by atoms with Gasteiger partial charge in [-0.05, 0) is 50.2 Å². The number of esters is 1. The van der Waals surface area contributed by atoms with Crippen molar-refractivity contribution in [2.45, 2.75) is 19.3 Å². The number of piperidine rings is 1. The predicted octanol–water partition coefficient (Wildman–Crippen LogP) is 2.37. The largest absolute Gasteiger partial charge is 0.465 e. The van der Waals surface area contributed by atoms with E-state index in [1.807, 2.05) is 12.1 Å². The number of carbonyl (C=O) groups excluding carboxylic acids is 1. The number of likely N-dealkylation sites (tertiary alicyclic amines) is 1. The maximum absolute atomic E-state index is 11.3. The molecule has 1 heterocycles. The van der Waals surface area contributed by atoms with Gasteiger partial charge in [-0.3, -0.25) is 0 Å². The summed E-state index contributed by atoms with van der Waals surface area (Å²) in [5, 5.41) is 3.38. The van der Waals surface area contributed by atoms with Gasteiger partial charge in [-0.1, -0.05) is 6.42 Å². The standard InChI is InChI=1S/C15H22N2O2/c1-19-15(18)13-5-7-14(8-6-13)16-9-12-17-10-3-2-4-11-17/h5-8,16H,2-4,9-12H2,1H3.